The highest BCUT2D eigenvalue weighted by molar-refractivity contribution is 5.97. The minimum absolute atomic E-state index is 0.138. The quantitative estimate of drug-likeness (QED) is 0.738. The van der Waals surface area contributed by atoms with Crippen molar-refractivity contribution in [2.75, 3.05) is 13.7 Å². The van der Waals surface area contributed by atoms with Gasteiger partial charge in [0.2, 0.25) is 5.91 Å². The Hall–Kier alpha value is -2.10. The van der Waals surface area contributed by atoms with Gasteiger partial charge in [0.25, 0.3) is 0 Å². The number of benzene rings is 1. The van der Waals surface area contributed by atoms with Crippen LogP contribution in [0.3, 0.4) is 0 Å². The van der Waals surface area contributed by atoms with Crippen molar-refractivity contribution in [1.29, 1.82) is 0 Å². The number of esters is 1. The number of ether oxygens (including phenoxy) is 1. The molecule has 0 unspecified atom stereocenters. The lowest BCUT2D eigenvalue weighted by molar-refractivity contribution is -0.141. The molecule has 4 heteroatoms. The third kappa shape index (κ3) is 3.07. The zero-order valence-electron chi connectivity index (χ0n) is 11.9. The van der Waals surface area contributed by atoms with Crippen LogP contribution >= 0.6 is 0 Å². The number of carbonyl (C=O) groups excluding carboxylic acids is 2. The minimum Gasteiger partial charge on any atom is -0.464 e. The summed E-state index contributed by atoms with van der Waals surface area (Å²) in [5.41, 5.74) is 2.48. The molecular formula is C16H19NO3. The third-order valence-electron chi connectivity index (χ3n) is 3.49. The van der Waals surface area contributed by atoms with Crippen molar-refractivity contribution in [2.24, 2.45) is 0 Å². The fourth-order valence-electron chi connectivity index (χ4n) is 2.43. The molecule has 0 aliphatic carbocycles. The van der Waals surface area contributed by atoms with Gasteiger partial charge < -0.3 is 9.64 Å². The normalized spacial score (nSPS) is 17.9. The molecule has 4 nitrogen and oxygen atoms in total. The summed E-state index contributed by atoms with van der Waals surface area (Å²) in [5.74, 6) is -0.613. The van der Waals surface area contributed by atoms with Crippen molar-refractivity contribution >= 4 is 18.0 Å². The van der Waals surface area contributed by atoms with Crippen molar-refractivity contribution < 1.29 is 14.3 Å². The maximum atomic E-state index is 12.0. The van der Waals surface area contributed by atoms with E-state index in [9.17, 15) is 9.59 Å². The first-order valence-electron chi connectivity index (χ1n) is 6.79. The lowest BCUT2D eigenvalue weighted by atomic mass is 10.0. The Morgan fingerprint density at radius 3 is 2.65 bits per heavy atom. The van der Waals surface area contributed by atoms with Crippen LogP contribution < -0.4 is 0 Å². The first-order valence-corrected chi connectivity index (χ1v) is 6.79. The first kappa shape index (κ1) is 14.3. The second kappa shape index (κ2) is 6.37. The molecule has 0 radical (unpaired) electrons. The van der Waals surface area contributed by atoms with Crippen LogP contribution in [0.5, 0.6) is 0 Å². The van der Waals surface area contributed by atoms with E-state index in [1.54, 1.807) is 6.08 Å². The summed E-state index contributed by atoms with van der Waals surface area (Å²) in [6.45, 7) is 2.02. The smallest absolute Gasteiger partial charge is 0.354 e. The van der Waals surface area contributed by atoms with Crippen molar-refractivity contribution in [2.45, 2.75) is 26.2 Å². The van der Waals surface area contributed by atoms with Crippen LogP contribution in [-0.2, 0) is 20.7 Å². The van der Waals surface area contributed by atoms with Crippen molar-refractivity contribution in [1.82, 2.24) is 4.90 Å². The zero-order valence-corrected chi connectivity index (χ0v) is 11.9. The fraction of sp³-hybridized carbons (Fsp3) is 0.375. The van der Waals surface area contributed by atoms with Crippen molar-refractivity contribution in [3.8, 4) is 0 Å². The molecule has 0 aromatic heterocycles. The van der Waals surface area contributed by atoms with Gasteiger partial charge in [-0.05, 0) is 36.5 Å². The van der Waals surface area contributed by atoms with E-state index in [2.05, 4.69) is 6.07 Å². The Labute approximate surface area is 119 Å². The Morgan fingerprint density at radius 1 is 1.20 bits per heavy atom. The molecule has 0 saturated heterocycles. The van der Waals surface area contributed by atoms with Crippen LogP contribution in [0.4, 0.5) is 0 Å². The number of hydrogen-bond donors (Lipinski definition) is 0. The van der Waals surface area contributed by atoms with Gasteiger partial charge in [-0.1, -0.05) is 24.3 Å². The van der Waals surface area contributed by atoms with Crippen molar-refractivity contribution in [3.05, 3.63) is 41.1 Å². The predicted molar refractivity (Wildman–Crippen MR) is 76.8 cm³/mol. The van der Waals surface area contributed by atoms with Gasteiger partial charge in [-0.3, -0.25) is 4.79 Å². The summed E-state index contributed by atoms with van der Waals surface area (Å²) in [4.78, 5) is 25.3. The summed E-state index contributed by atoms with van der Waals surface area (Å²) in [6.07, 6.45) is 4.56. The van der Waals surface area contributed by atoms with E-state index in [-0.39, 0.29) is 5.91 Å². The Morgan fingerprint density at radius 2 is 1.95 bits per heavy atom. The van der Waals surface area contributed by atoms with Gasteiger partial charge in [-0.2, -0.15) is 0 Å². The number of methoxy groups -OCH3 is 1. The average Bonchev–Trinajstić information content (AvgIpc) is 2.54. The van der Waals surface area contributed by atoms with Crippen LogP contribution in [0, 0.1) is 0 Å². The number of amides is 1. The summed E-state index contributed by atoms with van der Waals surface area (Å²) in [5, 5.41) is 0. The Kier molecular flexibility index (Phi) is 4.56. The molecule has 1 heterocycles. The number of nitrogens with zero attached hydrogens (tertiary/aromatic N) is 1. The molecule has 1 aliphatic rings. The minimum atomic E-state index is -0.475. The fourth-order valence-corrected chi connectivity index (χ4v) is 2.43. The molecule has 1 aromatic carbocycles. The molecule has 106 valence electrons. The average molecular weight is 273 g/mol. The van der Waals surface area contributed by atoms with E-state index in [0.29, 0.717) is 12.2 Å². The second-order valence-electron chi connectivity index (χ2n) is 4.85. The summed E-state index contributed by atoms with van der Waals surface area (Å²) >= 11 is 0. The van der Waals surface area contributed by atoms with Crippen LogP contribution in [0.25, 0.3) is 6.08 Å². The van der Waals surface area contributed by atoms with E-state index in [1.165, 1.54) is 24.5 Å². The van der Waals surface area contributed by atoms with E-state index < -0.39 is 5.97 Å². The van der Waals surface area contributed by atoms with Gasteiger partial charge >= 0.3 is 5.97 Å². The predicted octanol–water partition coefficient (Wildman–Crippen LogP) is 2.39. The molecule has 20 heavy (non-hydrogen) atoms. The molecule has 0 atom stereocenters. The van der Waals surface area contributed by atoms with Gasteiger partial charge in [0, 0.05) is 13.5 Å². The maximum Gasteiger partial charge on any atom is 0.354 e. The van der Waals surface area contributed by atoms with Crippen LogP contribution in [0.15, 0.2) is 30.0 Å². The highest BCUT2D eigenvalue weighted by Gasteiger charge is 2.22. The second-order valence-corrected chi connectivity index (χ2v) is 4.85. The Balaban J connectivity index is 2.52. The molecule has 1 aliphatic heterocycles. The molecule has 0 spiro atoms. The van der Waals surface area contributed by atoms with E-state index in [4.69, 9.17) is 4.74 Å². The molecule has 1 amide bonds. The number of carbonyl (C=O) groups is 2. The standard InChI is InChI=1S/C16H19NO3/c1-12(18)17-10-6-5-8-13-7-3-4-9-14(13)11-15(17)16(19)20-2/h3-4,7,9,11H,5-6,8,10H2,1-2H3/b15-11-. The molecule has 2 rings (SSSR count). The van der Waals surface area contributed by atoms with Gasteiger partial charge in [-0.15, -0.1) is 0 Å². The number of hydrogen-bond acceptors (Lipinski definition) is 3. The number of rotatable bonds is 1. The lowest BCUT2D eigenvalue weighted by Gasteiger charge is -2.22. The van der Waals surface area contributed by atoms with Gasteiger partial charge in [0.15, 0.2) is 0 Å². The molecule has 0 bridgehead atoms. The molecule has 0 saturated carbocycles. The highest BCUT2D eigenvalue weighted by atomic mass is 16.5. The van der Waals surface area contributed by atoms with Crippen LogP contribution in [-0.4, -0.2) is 30.4 Å². The highest BCUT2D eigenvalue weighted by Crippen LogP contribution is 2.21. The largest absolute Gasteiger partial charge is 0.464 e. The lowest BCUT2D eigenvalue weighted by Crippen LogP contribution is -2.33. The summed E-state index contributed by atoms with van der Waals surface area (Å²) in [6, 6.07) is 7.94. The SMILES string of the molecule is COC(=O)/C1=C/c2ccccc2CCCCN1C(C)=O. The van der Waals surface area contributed by atoms with Crippen LogP contribution in [0.1, 0.15) is 30.9 Å². The summed E-state index contributed by atoms with van der Waals surface area (Å²) < 4.78 is 4.82. The van der Waals surface area contributed by atoms with Gasteiger partial charge in [-0.25, -0.2) is 4.79 Å². The van der Waals surface area contributed by atoms with E-state index >= 15 is 0 Å². The van der Waals surface area contributed by atoms with Crippen LogP contribution in [0.2, 0.25) is 0 Å². The molecular weight excluding hydrogens is 254 g/mol. The summed E-state index contributed by atoms with van der Waals surface area (Å²) in [7, 11) is 1.33. The molecule has 0 N–H and O–H groups in total. The van der Waals surface area contributed by atoms with Gasteiger partial charge in [0.1, 0.15) is 5.70 Å². The number of aryl methyl sites for hydroxylation is 1. The molecule has 0 fully saturated rings. The Bertz CT molecular complexity index is 548. The monoisotopic (exact) mass is 273 g/mol. The van der Waals surface area contributed by atoms with Crippen molar-refractivity contribution in [3.63, 3.8) is 0 Å². The number of fused-ring (bicyclic) bond motifs is 1. The first-order chi connectivity index (χ1) is 9.63. The topological polar surface area (TPSA) is 46.6 Å². The van der Waals surface area contributed by atoms with E-state index in [0.717, 1.165) is 24.8 Å². The molecule has 1 aromatic rings. The zero-order chi connectivity index (χ0) is 14.5. The van der Waals surface area contributed by atoms with E-state index in [1.807, 2.05) is 18.2 Å². The maximum absolute atomic E-state index is 12.0. The van der Waals surface area contributed by atoms with Gasteiger partial charge in [0.05, 0.1) is 7.11 Å². The third-order valence-corrected chi connectivity index (χ3v) is 3.49.